The zero-order valence-corrected chi connectivity index (χ0v) is 27.5. The summed E-state index contributed by atoms with van der Waals surface area (Å²) < 4.78 is 16.4. The van der Waals surface area contributed by atoms with Crippen LogP contribution in [0.4, 0.5) is 0 Å². The molecule has 244 valence electrons. The van der Waals surface area contributed by atoms with E-state index < -0.39 is 0 Å². The smallest absolute Gasteiger partial charge is 0.260 e. The van der Waals surface area contributed by atoms with Crippen LogP contribution < -0.4 is 14.2 Å². The van der Waals surface area contributed by atoms with Crippen LogP contribution in [-0.2, 0) is 4.79 Å². The van der Waals surface area contributed by atoms with Crippen LogP contribution in [0, 0.1) is 11.8 Å². The van der Waals surface area contributed by atoms with Gasteiger partial charge in [0.1, 0.15) is 17.2 Å². The summed E-state index contributed by atoms with van der Waals surface area (Å²) in [7, 11) is 3.08. The molecule has 0 radical (unpaired) electrons. The SMILES string of the molecule is COc1ccc(C(=O)c2ccc(OCC(=O)N3CCC(CCCC4CCN(C(=O)c5ccc(Cl)cc5)CC4)CC3)cc2)c(OC)c1. The van der Waals surface area contributed by atoms with Crippen molar-refractivity contribution in [3.8, 4) is 17.2 Å². The van der Waals surface area contributed by atoms with Crippen molar-refractivity contribution in [3.63, 3.8) is 0 Å². The number of hydrogen-bond acceptors (Lipinski definition) is 6. The van der Waals surface area contributed by atoms with Gasteiger partial charge in [-0.15, -0.1) is 0 Å². The predicted octanol–water partition coefficient (Wildman–Crippen LogP) is 6.93. The topological polar surface area (TPSA) is 85.4 Å². The van der Waals surface area contributed by atoms with Gasteiger partial charge in [-0.05, 0) is 98.2 Å². The van der Waals surface area contributed by atoms with Crippen molar-refractivity contribution in [2.75, 3.05) is 47.0 Å². The van der Waals surface area contributed by atoms with Gasteiger partial charge in [0.25, 0.3) is 11.8 Å². The number of methoxy groups -OCH3 is 2. The fourth-order valence-electron chi connectivity index (χ4n) is 6.45. The molecular weight excluding hydrogens is 604 g/mol. The molecule has 9 heteroatoms. The first kappa shape index (κ1) is 33.3. The van der Waals surface area contributed by atoms with Crippen LogP contribution in [0.1, 0.15) is 71.2 Å². The molecule has 0 N–H and O–H groups in total. The lowest BCUT2D eigenvalue weighted by Gasteiger charge is -2.33. The molecule has 3 aromatic rings. The lowest BCUT2D eigenvalue weighted by Crippen LogP contribution is -2.41. The molecule has 0 saturated carbocycles. The third kappa shape index (κ3) is 8.60. The maximum atomic E-state index is 13.0. The summed E-state index contributed by atoms with van der Waals surface area (Å²) in [5, 5.41) is 0.642. The van der Waals surface area contributed by atoms with E-state index in [4.69, 9.17) is 25.8 Å². The highest BCUT2D eigenvalue weighted by Gasteiger charge is 2.26. The molecule has 8 nitrogen and oxygen atoms in total. The molecule has 0 spiro atoms. The van der Waals surface area contributed by atoms with Crippen LogP contribution in [-0.4, -0.2) is 74.4 Å². The quantitative estimate of drug-likeness (QED) is 0.199. The number of hydrogen-bond donors (Lipinski definition) is 0. The van der Waals surface area contributed by atoms with E-state index in [-0.39, 0.29) is 24.2 Å². The van der Waals surface area contributed by atoms with Crippen molar-refractivity contribution in [2.45, 2.75) is 44.9 Å². The summed E-state index contributed by atoms with van der Waals surface area (Å²) in [4.78, 5) is 42.5. The summed E-state index contributed by atoms with van der Waals surface area (Å²) in [6.45, 7) is 3.12. The molecule has 2 amide bonds. The maximum Gasteiger partial charge on any atom is 0.260 e. The van der Waals surface area contributed by atoms with E-state index >= 15 is 0 Å². The summed E-state index contributed by atoms with van der Waals surface area (Å²) in [5.74, 6) is 2.83. The Morgan fingerprint density at radius 3 is 1.87 bits per heavy atom. The van der Waals surface area contributed by atoms with Crippen LogP contribution in [0.25, 0.3) is 0 Å². The first-order chi connectivity index (χ1) is 22.3. The molecule has 2 fully saturated rings. The minimum absolute atomic E-state index is 0.0125. The molecule has 0 aromatic heterocycles. The second kappa shape index (κ2) is 16.0. The Kier molecular flexibility index (Phi) is 11.6. The molecule has 5 rings (SSSR count). The molecule has 2 heterocycles. The van der Waals surface area contributed by atoms with E-state index in [1.54, 1.807) is 73.8 Å². The Morgan fingerprint density at radius 1 is 0.717 bits per heavy atom. The highest BCUT2D eigenvalue weighted by Crippen LogP contribution is 2.29. The Bertz CT molecular complexity index is 1480. The summed E-state index contributed by atoms with van der Waals surface area (Å²) in [6.07, 6.45) is 7.74. The third-order valence-corrected chi connectivity index (χ3v) is 9.57. The number of carbonyl (C=O) groups excluding carboxylic acids is 3. The number of ketones is 1. The average Bonchev–Trinajstić information content (AvgIpc) is 3.11. The molecule has 46 heavy (non-hydrogen) atoms. The van der Waals surface area contributed by atoms with Crippen LogP contribution in [0.3, 0.4) is 0 Å². The third-order valence-electron chi connectivity index (χ3n) is 9.32. The van der Waals surface area contributed by atoms with Gasteiger partial charge in [0, 0.05) is 48.4 Å². The standard InChI is InChI=1S/C37H43ClN2O6/c1-44-32-14-15-33(34(24-32)45-2)36(42)28-8-12-31(13-9-28)46-25-35(41)39-20-16-26(17-21-39)4-3-5-27-18-22-40(23-19-27)37(43)29-6-10-30(38)11-7-29/h6-15,24,26-27H,3-5,16-23,25H2,1-2H3. The van der Waals surface area contributed by atoms with Crippen molar-refractivity contribution >= 4 is 29.2 Å². The van der Waals surface area contributed by atoms with Gasteiger partial charge in [-0.1, -0.05) is 30.9 Å². The maximum absolute atomic E-state index is 13.0. The molecule has 2 aliphatic rings. The Morgan fingerprint density at radius 2 is 1.28 bits per heavy atom. The predicted molar refractivity (Wildman–Crippen MR) is 178 cm³/mol. The minimum atomic E-state index is -0.169. The number of amides is 2. The number of benzene rings is 3. The van der Waals surface area contributed by atoms with Gasteiger partial charge >= 0.3 is 0 Å². The molecule has 0 unspecified atom stereocenters. The fourth-order valence-corrected chi connectivity index (χ4v) is 6.57. The van der Waals surface area contributed by atoms with Crippen LogP contribution in [0.2, 0.25) is 5.02 Å². The van der Waals surface area contributed by atoms with Gasteiger partial charge in [-0.25, -0.2) is 0 Å². The highest BCUT2D eigenvalue weighted by molar-refractivity contribution is 6.30. The van der Waals surface area contributed by atoms with E-state index in [1.165, 1.54) is 26.4 Å². The molecule has 0 bridgehead atoms. The second-order valence-electron chi connectivity index (χ2n) is 12.2. The van der Waals surface area contributed by atoms with E-state index in [0.29, 0.717) is 50.8 Å². The average molecular weight is 647 g/mol. The number of rotatable bonds is 12. The van der Waals surface area contributed by atoms with Crippen molar-refractivity contribution in [3.05, 3.63) is 88.4 Å². The molecular formula is C37H43ClN2O6. The highest BCUT2D eigenvalue weighted by atomic mass is 35.5. The van der Waals surface area contributed by atoms with Gasteiger partial charge in [0.15, 0.2) is 12.4 Å². The monoisotopic (exact) mass is 646 g/mol. The van der Waals surface area contributed by atoms with Gasteiger partial charge in [-0.3, -0.25) is 14.4 Å². The van der Waals surface area contributed by atoms with E-state index in [1.807, 2.05) is 9.80 Å². The molecule has 2 saturated heterocycles. The number of nitrogens with zero attached hydrogens (tertiary/aromatic N) is 2. The number of halogens is 1. The van der Waals surface area contributed by atoms with Crippen LogP contribution in [0.5, 0.6) is 17.2 Å². The van der Waals surface area contributed by atoms with Gasteiger partial charge in [0.05, 0.1) is 19.8 Å². The molecule has 0 aliphatic carbocycles. The molecule has 0 atom stereocenters. The Balaban J connectivity index is 0.976. The lowest BCUT2D eigenvalue weighted by molar-refractivity contribution is -0.134. The first-order valence-electron chi connectivity index (χ1n) is 16.2. The first-order valence-corrected chi connectivity index (χ1v) is 16.5. The van der Waals surface area contributed by atoms with Crippen LogP contribution in [0.15, 0.2) is 66.7 Å². The lowest BCUT2D eigenvalue weighted by atomic mass is 9.86. The Hall–Kier alpha value is -4.04. The van der Waals surface area contributed by atoms with E-state index in [2.05, 4.69) is 0 Å². The summed E-state index contributed by atoms with van der Waals surface area (Å²) in [6, 6.07) is 19.0. The molecule has 2 aliphatic heterocycles. The van der Waals surface area contributed by atoms with Crippen LogP contribution >= 0.6 is 11.6 Å². The number of ether oxygens (including phenoxy) is 3. The number of piperidine rings is 2. The second-order valence-corrected chi connectivity index (χ2v) is 12.6. The minimum Gasteiger partial charge on any atom is -0.497 e. The fraction of sp³-hybridized carbons (Fsp3) is 0.432. The molecule has 3 aromatic carbocycles. The van der Waals surface area contributed by atoms with Crippen molar-refractivity contribution < 1.29 is 28.6 Å². The Labute approximate surface area is 276 Å². The van der Waals surface area contributed by atoms with Crippen molar-refractivity contribution in [1.29, 1.82) is 0 Å². The number of carbonyl (C=O) groups is 3. The normalized spacial score (nSPS) is 15.8. The summed E-state index contributed by atoms with van der Waals surface area (Å²) >= 11 is 5.96. The van der Waals surface area contributed by atoms with E-state index in [0.717, 1.165) is 51.9 Å². The van der Waals surface area contributed by atoms with Gasteiger partial charge < -0.3 is 24.0 Å². The van der Waals surface area contributed by atoms with E-state index in [9.17, 15) is 14.4 Å². The van der Waals surface area contributed by atoms with Crippen molar-refractivity contribution in [2.24, 2.45) is 11.8 Å². The number of likely N-dealkylation sites (tertiary alicyclic amines) is 2. The zero-order valence-electron chi connectivity index (χ0n) is 26.7. The summed E-state index contributed by atoms with van der Waals surface area (Å²) in [5.41, 5.74) is 1.65. The van der Waals surface area contributed by atoms with Crippen molar-refractivity contribution in [1.82, 2.24) is 9.80 Å². The van der Waals surface area contributed by atoms with Gasteiger partial charge in [-0.2, -0.15) is 0 Å². The zero-order chi connectivity index (χ0) is 32.5. The largest absolute Gasteiger partial charge is 0.497 e. The van der Waals surface area contributed by atoms with Gasteiger partial charge in [0.2, 0.25) is 0 Å².